The van der Waals surface area contributed by atoms with Crippen LogP contribution >= 0.6 is 0 Å². The number of benzene rings is 1. The minimum Gasteiger partial charge on any atom is -0.365 e. The van der Waals surface area contributed by atoms with Crippen molar-refractivity contribution >= 4 is 28.8 Å². The van der Waals surface area contributed by atoms with Crippen molar-refractivity contribution in [2.45, 2.75) is 20.0 Å². The Kier molecular flexibility index (Phi) is 6.09. The van der Waals surface area contributed by atoms with E-state index in [0.29, 0.717) is 13.1 Å². The summed E-state index contributed by atoms with van der Waals surface area (Å²) in [5.41, 5.74) is 2.21. The molecule has 0 amide bonds. The third-order valence-electron chi connectivity index (χ3n) is 2.33. The van der Waals surface area contributed by atoms with E-state index in [0.717, 1.165) is 11.1 Å². The molecule has 0 unspecified atom stereocenters. The summed E-state index contributed by atoms with van der Waals surface area (Å²) in [5, 5.41) is 2.95. The Bertz CT molecular complexity index is 373. The number of Topliss-reactive ketones (excluding diaryl/α,β-unsaturated/α-hetero) is 1. The molecule has 1 N–H and O–H groups in total. The largest absolute Gasteiger partial charge is 0.365 e. The normalized spacial score (nSPS) is 10.5. The number of rotatable bonds is 7. The summed E-state index contributed by atoms with van der Waals surface area (Å²) < 4.78 is 0. The van der Waals surface area contributed by atoms with Crippen molar-refractivity contribution in [2.75, 3.05) is 6.54 Å². The van der Waals surface area contributed by atoms with Gasteiger partial charge in [0.25, 0.3) is 0 Å². The molecule has 6 heteroatoms. The number of hydrogen-bond acceptors (Lipinski definition) is 3. The summed E-state index contributed by atoms with van der Waals surface area (Å²) in [4.78, 5) is 12.5. The molecule has 5 radical (unpaired) electrons. The van der Waals surface area contributed by atoms with E-state index < -0.39 is 0 Å². The first-order chi connectivity index (χ1) is 8.13. The van der Waals surface area contributed by atoms with Gasteiger partial charge in [-0.05, 0) is 18.1 Å². The van der Waals surface area contributed by atoms with Gasteiger partial charge in [-0.2, -0.15) is 0 Å². The lowest BCUT2D eigenvalue weighted by Gasteiger charge is -2.18. The summed E-state index contributed by atoms with van der Waals surface area (Å²) in [7, 11) is 12.5. The number of nitrogens with zero attached hydrogens (tertiary/aromatic N) is 1. The van der Waals surface area contributed by atoms with Crippen LogP contribution in [0.5, 0.6) is 0 Å². The van der Waals surface area contributed by atoms with E-state index in [9.17, 15) is 4.79 Å². The smallest absolute Gasteiger partial charge is 0.183 e. The van der Waals surface area contributed by atoms with E-state index in [2.05, 4.69) is 5.23 Å². The Hall–Kier alpha value is -0.995. The molecule has 1 aromatic rings. The first-order valence-electron chi connectivity index (χ1n) is 5.46. The summed E-state index contributed by atoms with van der Waals surface area (Å²) in [5.74, 6) is 0.0541. The predicted molar refractivity (Wildman–Crippen MR) is 71.6 cm³/mol. The standard InChI is InChI=1S/C11H14B3N2O/c1-9(17)7-16(13)8-11-5-3-2-4-10(11)6-15-14-12/h2-5,15H,6-8H2,1H3. The molecular weight excluding hydrogens is 209 g/mol. The fourth-order valence-electron chi connectivity index (χ4n) is 1.61. The number of carbonyl (C=O) groups is 1. The maximum Gasteiger partial charge on any atom is 0.183 e. The van der Waals surface area contributed by atoms with Crippen LogP contribution in [0.4, 0.5) is 0 Å². The number of nitrogens with one attached hydrogen (secondary N) is 1. The fourth-order valence-corrected chi connectivity index (χ4v) is 1.61. The lowest BCUT2D eigenvalue weighted by molar-refractivity contribution is -0.117. The first kappa shape index (κ1) is 14.1. The summed E-state index contributed by atoms with van der Waals surface area (Å²) in [6, 6.07) is 7.91. The second kappa shape index (κ2) is 7.35. The zero-order valence-electron chi connectivity index (χ0n) is 10.0. The fraction of sp³-hybridized carbons (Fsp3) is 0.364. The van der Waals surface area contributed by atoms with Crippen LogP contribution in [-0.2, 0) is 17.9 Å². The molecule has 0 aliphatic carbocycles. The molecule has 0 atom stereocenters. The van der Waals surface area contributed by atoms with Crippen LogP contribution < -0.4 is 5.23 Å². The van der Waals surface area contributed by atoms with Gasteiger partial charge in [0, 0.05) is 27.4 Å². The van der Waals surface area contributed by atoms with Crippen molar-refractivity contribution in [1.82, 2.24) is 10.0 Å². The number of hydrogen-bond donors (Lipinski definition) is 1. The van der Waals surface area contributed by atoms with Gasteiger partial charge in [0.15, 0.2) is 7.98 Å². The molecule has 0 saturated carbocycles. The first-order valence-corrected chi connectivity index (χ1v) is 5.46. The molecule has 1 rings (SSSR count). The van der Waals surface area contributed by atoms with E-state index in [4.69, 9.17) is 15.7 Å². The average Bonchev–Trinajstić information content (AvgIpc) is 2.26. The van der Waals surface area contributed by atoms with Crippen molar-refractivity contribution in [1.29, 1.82) is 0 Å². The second-order valence-electron chi connectivity index (χ2n) is 3.92. The molecule has 83 valence electrons. The van der Waals surface area contributed by atoms with Gasteiger partial charge < -0.3 is 10.0 Å². The molecule has 3 nitrogen and oxygen atoms in total. The van der Waals surface area contributed by atoms with E-state index in [1.165, 1.54) is 19.0 Å². The van der Waals surface area contributed by atoms with Crippen molar-refractivity contribution in [3.8, 4) is 0 Å². The topological polar surface area (TPSA) is 32.3 Å². The van der Waals surface area contributed by atoms with Crippen molar-refractivity contribution in [3.63, 3.8) is 0 Å². The number of ketones is 1. The number of carbonyl (C=O) groups excluding carboxylic acids is 1. The molecule has 0 aliphatic rings. The molecule has 0 bridgehead atoms. The van der Waals surface area contributed by atoms with Gasteiger partial charge in [0.2, 0.25) is 0 Å². The Labute approximate surface area is 106 Å². The highest BCUT2D eigenvalue weighted by atomic mass is 16.1. The lowest BCUT2D eigenvalue weighted by atomic mass is 9.67. The lowest BCUT2D eigenvalue weighted by Crippen LogP contribution is -2.27. The van der Waals surface area contributed by atoms with Gasteiger partial charge >= 0.3 is 0 Å². The van der Waals surface area contributed by atoms with Crippen molar-refractivity contribution < 1.29 is 4.79 Å². The van der Waals surface area contributed by atoms with Gasteiger partial charge in [0.1, 0.15) is 13.1 Å². The minimum absolute atomic E-state index is 0.0541. The predicted octanol–water partition coefficient (Wildman–Crippen LogP) is -0.0466. The second-order valence-corrected chi connectivity index (χ2v) is 3.92. The molecule has 1 aromatic carbocycles. The molecule has 0 saturated heterocycles. The molecule has 0 aliphatic heterocycles. The van der Waals surface area contributed by atoms with E-state index in [-0.39, 0.29) is 12.3 Å². The Morgan fingerprint density at radius 2 is 2.06 bits per heavy atom. The van der Waals surface area contributed by atoms with E-state index in [1.54, 1.807) is 0 Å². The SMILES string of the molecule is [B][B]NCc1ccccc1CN([B])CC(C)=O. The van der Waals surface area contributed by atoms with E-state index >= 15 is 0 Å². The highest BCUT2D eigenvalue weighted by molar-refractivity contribution is 6.87. The van der Waals surface area contributed by atoms with Crippen LogP contribution in [0.3, 0.4) is 0 Å². The maximum absolute atomic E-state index is 10.9. The molecule has 17 heavy (non-hydrogen) atoms. The van der Waals surface area contributed by atoms with Gasteiger partial charge in [-0.3, -0.25) is 4.79 Å². The summed E-state index contributed by atoms with van der Waals surface area (Å²) in [6.07, 6.45) is 0. The Morgan fingerprint density at radius 3 is 2.65 bits per heavy atom. The monoisotopic (exact) mass is 223 g/mol. The Morgan fingerprint density at radius 1 is 1.41 bits per heavy atom. The van der Waals surface area contributed by atoms with Crippen molar-refractivity contribution in [2.24, 2.45) is 0 Å². The molecule has 0 heterocycles. The minimum atomic E-state index is 0.0541. The molecular formula is C11H14B3N2O. The van der Waals surface area contributed by atoms with Crippen LogP contribution in [0, 0.1) is 0 Å². The zero-order valence-corrected chi connectivity index (χ0v) is 10.0. The maximum atomic E-state index is 10.9. The van der Waals surface area contributed by atoms with Crippen LogP contribution in [0.25, 0.3) is 0 Å². The van der Waals surface area contributed by atoms with Gasteiger partial charge in [0.05, 0.1) is 0 Å². The highest BCUT2D eigenvalue weighted by Gasteiger charge is 2.06. The third kappa shape index (κ3) is 5.24. The van der Waals surface area contributed by atoms with Crippen molar-refractivity contribution in [3.05, 3.63) is 35.4 Å². The Balaban J connectivity index is 2.65. The zero-order chi connectivity index (χ0) is 12.7. The molecule has 0 spiro atoms. The molecule has 0 fully saturated rings. The highest BCUT2D eigenvalue weighted by Crippen LogP contribution is 2.10. The van der Waals surface area contributed by atoms with Gasteiger partial charge in [-0.1, -0.05) is 24.3 Å². The summed E-state index contributed by atoms with van der Waals surface area (Å²) in [6.45, 7) is 2.98. The van der Waals surface area contributed by atoms with Crippen LogP contribution in [-0.4, -0.2) is 40.2 Å². The van der Waals surface area contributed by atoms with Crippen LogP contribution in [0.2, 0.25) is 0 Å². The van der Waals surface area contributed by atoms with Crippen LogP contribution in [0.1, 0.15) is 18.1 Å². The third-order valence-corrected chi connectivity index (χ3v) is 2.33. The summed E-state index contributed by atoms with van der Waals surface area (Å²) >= 11 is 0. The quantitative estimate of drug-likeness (QED) is 0.657. The van der Waals surface area contributed by atoms with Gasteiger partial charge in [-0.25, -0.2) is 0 Å². The average molecular weight is 223 g/mol. The molecule has 0 aromatic heterocycles. The van der Waals surface area contributed by atoms with Crippen LogP contribution in [0.15, 0.2) is 24.3 Å². The van der Waals surface area contributed by atoms with E-state index in [1.807, 2.05) is 24.3 Å². The van der Waals surface area contributed by atoms with Gasteiger partial charge in [-0.15, -0.1) is 0 Å².